The number of halogens is 3. The van der Waals surface area contributed by atoms with Crippen LogP contribution in [0.1, 0.15) is 27.5 Å². The van der Waals surface area contributed by atoms with E-state index in [1.165, 1.54) is 24.3 Å². The summed E-state index contributed by atoms with van der Waals surface area (Å²) in [5, 5.41) is 1.75. The molecule has 1 amide bonds. The van der Waals surface area contributed by atoms with Crippen molar-refractivity contribution in [3.8, 4) is 0 Å². The van der Waals surface area contributed by atoms with Crippen molar-refractivity contribution < 1.29 is 26.4 Å². The number of sulfonamides is 1. The summed E-state index contributed by atoms with van der Waals surface area (Å²) in [6.45, 7) is -1.47. The fraction of sp³-hybridized carbons (Fsp3) is 0.174. The molecule has 1 atom stereocenters. The van der Waals surface area contributed by atoms with Crippen LogP contribution in [0.4, 0.5) is 13.2 Å². The van der Waals surface area contributed by atoms with Gasteiger partial charge in [0.15, 0.2) is 0 Å². The third-order valence-electron chi connectivity index (χ3n) is 4.66. The van der Waals surface area contributed by atoms with E-state index >= 15 is 0 Å². The van der Waals surface area contributed by atoms with Crippen LogP contribution in [-0.2, 0) is 16.4 Å². The van der Waals surface area contributed by atoms with Crippen molar-refractivity contribution in [1.29, 1.82) is 0 Å². The largest absolute Gasteiger partial charge is 0.405 e. The molecular weight excluding hydrogens is 441 g/mol. The number of carbonyl (C=O) groups is 1. The van der Waals surface area contributed by atoms with Gasteiger partial charge in [-0.1, -0.05) is 60.7 Å². The topological polar surface area (TPSA) is 75.3 Å². The number of hydrogen-bond acceptors (Lipinski definition) is 3. The highest BCUT2D eigenvalue weighted by atomic mass is 32.2. The molecule has 0 saturated carbocycles. The van der Waals surface area contributed by atoms with Gasteiger partial charge in [-0.05, 0) is 41.8 Å². The van der Waals surface area contributed by atoms with E-state index in [4.69, 9.17) is 0 Å². The van der Waals surface area contributed by atoms with Gasteiger partial charge in [0, 0.05) is 5.56 Å². The van der Waals surface area contributed by atoms with Crippen LogP contribution in [0.3, 0.4) is 0 Å². The summed E-state index contributed by atoms with van der Waals surface area (Å²) < 4.78 is 65.5. The molecule has 0 heterocycles. The van der Waals surface area contributed by atoms with Gasteiger partial charge in [0.1, 0.15) is 6.54 Å². The maximum atomic E-state index is 13.0. The number of amides is 1. The Bertz CT molecular complexity index is 1130. The zero-order valence-electron chi connectivity index (χ0n) is 16.8. The smallest absolute Gasteiger partial charge is 0.343 e. The van der Waals surface area contributed by atoms with Gasteiger partial charge >= 0.3 is 6.18 Å². The van der Waals surface area contributed by atoms with Gasteiger partial charge in [-0.15, -0.1) is 0 Å². The molecule has 0 aliphatic carbocycles. The summed E-state index contributed by atoms with van der Waals surface area (Å²) in [4.78, 5) is 11.7. The third kappa shape index (κ3) is 6.66. The number of nitrogens with one attached hydrogen (secondary N) is 2. The van der Waals surface area contributed by atoms with Gasteiger partial charge < -0.3 is 5.32 Å². The van der Waals surface area contributed by atoms with Gasteiger partial charge in [-0.3, -0.25) is 4.79 Å². The minimum atomic E-state index is -4.53. The molecule has 32 heavy (non-hydrogen) atoms. The first kappa shape index (κ1) is 23.5. The second kappa shape index (κ2) is 9.97. The lowest BCUT2D eigenvalue weighted by molar-refractivity contribution is -0.123. The Morgan fingerprint density at radius 3 is 1.97 bits per heavy atom. The summed E-state index contributed by atoms with van der Waals surface area (Å²) in [7, 11) is -3.97. The summed E-state index contributed by atoms with van der Waals surface area (Å²) in [6, 6.07) is 22.7. The lowest BCUT2D eigenvalue weighted by Crippen LogP contribution is -2.33. The molecule has 0 saturated heterocycles. The van der Waals surface area contributed by atoms with Crippen LogP contribution in [0.5, 0.6) is 0 Å². The number of alkyl halides is 3. The summed E-state index contributed by atoms with van der Waals surface area (Å²) in [5.41, 5.74) is 1.65. The van der Waals surface area contributed by atoms with E-state index in [0.717, 1.165) is 11.1 Å². The second-order valence-corrected chi connectivity index (χ2v) is 8.81. The van der Waals surface area contributed by atoms with Crippen molar-refractivity contribution in [2.24, 2.45) is 0 Å². The molecule has 0 aliphatic heterocycles. The highest BCUT2D eigenvalue weighted by Crippen LogP contribution is 2.22. The number of carbonyl (C=O) groups excluding carboxylic acids is 1. The van der Waals surface area contributed by atoms with E-state index in [1.807, 2.05) is 60.7 Å². The molecule has 0 aliphatic rings. The Morgan fingerprint density at radius 2 is 1.41 bits per heavy atom. The van der Waals surface area contributed by atoms with Crippen LogP contribution in [0.25, 0.3) is 0 Å². The van der Waals surface area contributed by atoms with Crippen LogP contribution in [0.2, 0.25) is 0 Å². The second-order valence-electron chi connectivity index (χ2n) is 7.10. The van der Waals surface area contributed by atoms with E-state index in [0.29, 0.717) is 6.42 Å². The number of hydrogen-bond donors (Lipinski definition) is 2. The van der Waals surface area contributed by atoms with E-state index in [1.54, 1.807) is 5.32 Å². The maximum Gasteiger partial charge on any atom is 0.405 e. The van der Waals surface area contributed by atoms with Crippen LogP contribution in [-0.4, -0.2) is 27.0 Å². The third-order valence-corrected chi connectivity index (χ3v) is 6.15. The molecule has 0 spiro atoms. The van der Waals surface area contributed by atoms with Crippen molar-refractivity contribution in [3.63, 3.8) is 0 Å². The average molecular weight is 462 g/mol. The van der Waals surface area contributed by atoms with Crippen molar-refractivity contribution in [1.82, 2.24) is 10.0 Å². The quantitative estimate of drug-likeness (QED) is 0.526. The predicted molar refractivity (Wildman–Crippen MR) is 114 cm³/mol. The number of benzene rings is 3. The zero-order valence-corrected chi connectivity index (χ0v) is 17.7. The highest BCUT2D eigenvalue weighted by molar-refractivity contribution is 7.89. The van der Waals surface area contributed by atoms with Gasteiger partial charge in [0.05, 0.1) is 10.9 Å². The van der Waals surface area contributed by atoms with Crippen molar-refractivity contribution in [2.45, 2.75) is 23.5 Å². The molecule has 0 radical (unpaired) electrons. The molecule has 0 aromatic heterocycles. The molecular formula is C23H21F3N2O3S. The number of rotatable bonds is 8. The first-order valence-electron chi connectivity index (χ1n) is 9.70. The highest BCUT2D eigenvalue weighted by Gasteiger charge is 2.28. The Hall–Kier alpha value is -3.17. The molecule has 2 N–H and O–H groups in total. The lowest BCUT2D eigenvalue weighted by Gasteiger charge is -2.20. The molecule has 3 aromatic carbocycles. The molecule has 3 rings (SSSR count). The SMILES string of the molecule is O=C(NCC(F)(F)F)c1ccc(S(=O)(=O)N[C@@H](Cc2ccccc2)c2ccccc2)cc1. The van der Waals surface area contributed by atoms with Crippen LogP contribution in [0.15, 0.2) is 89.8 Å². The van der Waals surface area contributed by atoms with Gasteiger partial charge in [0.25, 0.3) is 5.91 Å². The molecule has 9 heteroatoms. The first-order valence-corrected chi connectivity index (χ1v) is 11.2. The molecule has 5 nitrogen and oxygen atoms in total. The molecule has 0 fully saturated rings. The Balaban J connectivity index is 1.78. The van der Waals surface area contributed by atoms with E-state index < -0.39 is 34.7 Å². The fourth-order valence-electron chi connectivity index (χ4n) is 3.09. The van der Waals surface area contributed by atoms with Crippen LogP contribution >= 0.6 is 0 Å². The Labute approximate surface area is 184 Å². The van der Waals surface area contributed by atoms with Crippen LogP contribution < -0.4 is 10.0 Å². The predicted octanol–water partition coefficient (Wildman–Crippen LogP) is 4.24. The summed E-state index contributed by atoms with van der Waals surface area (Å²) in [6.07, 6.45) is -4.12. The lowest BCUT2D eigenvalue weighted by atomic mass is 10.00. The van der Waals surface area contributed by atoms with Crippen molar-refractivity contribution in [2.75, 3.05) is 6.54 Å². The van der Waals surface area contributed by atoms with E-state index in [2.05, 4.69) is 4.72 Å². The Kier molecular flexibility index (Phi) is 7.32. The minimum Gasteiger partial charge on any atom is -0.343 e. The summed E-state index contributed by atoms with van der Waals surface area (Å²) in [5.74, 6) is -0.939. The molecule has 168 valence electrons. The normalized spacial score (nSPS) is 12.8. The fourth-order valence-corrected chi connectivity index (χ4v) is 4.31. The van der Waals surface area contributed by atoms with Crippen molar-refractivity contribution >= 4 is 15.9 Å². The van der Waals surface area contributed by atoms with Gasteiger partial charge in [0.2, 0.25) is 10.0 Å². The van der Waals surface area contributed by atoms with E-state index in [9.17, 15) is 26.4 Å². The van der Waals surface area contributed by atoms with Crippen molar-refractivity contribution in [3.05, 3.63) is 102 Å². The Morgan fingerprint density at radius 1 is 0.844 bits per heavy atom. The van der Waals surface area contributed by atoms with Gasteiger partial charge in [-0.25, -0.2) is 13.1 Å². The standard InChI is InChI=1S/C23H21F3N2O3S/c24-23(25,26)16-27-22(29)19-11-13-20(14-12-19)32(30,31)28-21(18-9-5-2-6-10-18)15-17-7-3-1-4-8-17/h1-14,21,28H,15-16H2,(H,27,29)/t21-/m0/s1. The molecule has 0 unspecified atom stereocenters. The van der Waals surface area contributed by atoms with E-state index in [-0.39, 0.29) is 10.5 Å². The van der Waals surface area contributed by atoms with Gasteiger partial charge in [-0.2, -0.15) is 13.2 Å². The molecule has 0 bridgehead atoms. The molecule has 3 aromatic rings. The summed E-state index contributed by atoms with van der Waals surface area (Å²) >= 11 is 0. The monoisotopic (exact) mass is 462 g/mol. The minimum absolute atomic E-state index is 0.0721. The maximum absolute atomic E-state index is 13.0. The first-order chi connectivity index (χ1) is 15.1. The average Bonchev–Trinajstić information content (AvgIpc) is 2.78. The zero-order chi connectivity index (χ0) is 23.2. The van der Waals surface area contributed by atoms with Crippen LogP contribution in [0, 0.1) is 0 Å².